The number of hydrogen-bond acceptors (Lipinski definition) is 2. The van der Waals surface area contributed by atoms with Gasteiger partial charge in [0.05, 0.1) is 23.9 Å². The average Bonchev–Trinajstić information content (AvgIpc) is 3.07. The quantitative estimate of drug-likeness (QED) is 0.860. The molecule has 1 saturated heterocycles. The van der Waals surface area contributed by atoms with Gasteiger partial charge in [-0.3, -0.25) is 0 Å². The van der Waals surface area contributed by atoms with Crippen LogP contribution in [0.1, 0.15) is 24.4 Å². The smallest absolute Gasteiger partial charge is 0.322 e. The number of carbonyl (C=O) groups excluding carboxylic acids is 1. The van der Waals surface area contributed by atoms with Crippen molar-refractivity contribution in [2.75, 3.05) is 19.0 Å². The predicted molar refractivity (Wildman–Crippen MR) is 92.1 cm³/mol. The van der Waals surface area contributed by atoms with Crippen molar-refractivity contribution >= 4 is 23.3 Å². The van der Waals surface area contributed by atoms with Crippen molar-refractivity contribution in [2.45, 2.75) is 18.9 Å². The van der Waals surface area contributed by atoms with E-state index in [1.165, 1.54) is 18.2 Å². The van der Waals surface area contributed by atoms with Gasteiger partial charge in [-0.05, 0) is 48.7 Å². The Morgan fingerprint density at radius 3 is 2.71 bits per heavy atom. The Morgan fingerprint density at radius 2 is 2.04 bits per heavy atom. The Hall–Kier alpha value is -2.27. The van der Waals surface area contributed by atoms with Crippen LogP contribution in [0.2, 0.25) is 5.02 Å². The largest absolute Gasteiger partial charge is 0.497 e. The summed E-state index contributed by atoms with van der Waals surface area (Å²) in [5, 5.41) is 2.95. The van der Waals surface area contributed by atoms with Gasteiger partial charge in [0.2, 0.25) is 0 Å². The lowest BCUT2D eigenvalue weighted by Crippen LogP contribution is -2.34. The highest BCUT2D eigenvalue weighted by Gasteiger charge is 2.30. The standard InChI is InChI=1S/C18H18ClFN2O2/c1-24-14-7-4-12(5-8-14)17-3-2-10-22(17)18(23)21-16-9-6-13(20)11-15(16)19/h4-9,11,17H,2-3,10H2,1H3,(H,21,23). The summed E-state index contributed by atoms with van der Waals surface area (Å²) in [6.45, 7) is 0.668. The SMILES string of the molecule is COc1ccc(C2CCCN2C(=O)Nc2ccc(F)cc2Cl)cc1. The first-order chi connectivity index (χ1) is 11.6. The maximum absolute atomic E-state index is 13.1. The molecule has 0 radical (unpaired) electrons. The van der Waals surface area contributed by atoms with Crippen LogP contribution in [0.3, 0.4) is 0 Å². The minimum atomic E-state index is -0.435. The van der Waals surface area contributed by atoms with E-state index in [-0.39, 0.29) is 17.1 Å². The van der Waals surface area contributed by atoms with Gasteiger partial charge in [0.1, 0.15) is 11.6 Å². The molecule has 2 amide bonds. The molecule has 1 heterocycles. The lowest BCUT2D eigenvalue weighted by Gasteiger charge is -2.25. The van der Waals surface area contributed by atoms with Gasteiger partial charge in [-0.15, -0.1) is 0 Å². The summed E-state index contributed by atoms with van der Waals surface area (Å²) in [7, 11) is 1.62. The number of carbonyl (C=O) groups is 1. The predicted octanol–water partition coefficient (Wildman–Crippen LogP) is 4.86. The second-order valence-electron chi connectivity index (χ2n) is 5.68. The summed E-state index contributed by atoms with van der Waals surface area (Å²) < 4.78 is 18.3. The number of benzene rings is 2. The molecule has 2 aromatic carbocycles. The lowest BCUT2D eigenvalue weighted by molar-refractivity contribution is 0.207. The third-order valence-corrected chi connectivity index (χ3v) is 4.50. The molecule has 1 N–H and O–H groups in total. The summed E-state index contributed by atoms with van der Waals surface area (Å²) >= 11 is 5.98. The molecule has 0 bridgehead atoms. The second-order valence-corrected chi connectivity index (χ2v) is 6.09. The van der Waals surface area contributed by atoms with Gasteiger partial charge >= 0.3 is 6.03 Å². The van der Waals surface area contributed by atoms with Gasteiger partial charge in [0.15, 0.2) is 0 Å². The van der Waals surface area contributed by atoms with Crippen molar-refractivity contribution in [3.63, 3.8) is 0 Å². The van der Waals surface area contributed by atoms with Gasteiger partial charge in [-0.25, -0.2) is 9.18 Å². The van der Waals surface area contributed by atoms with Crippen LogP contribution in [0.15, 0.2) is 42.5 Å². The number of nitrogens with one attached hydrogen (secondary N) is 1. The number of methoxy groups -OCH3 is 1. The Morgan fingerprint density at radius 1 is 1.29 bits per heavy atom. The van der Waals surface area contributed by atoms with Crippen LogP contribution in [0.25, 0.3) is 0 Å². The highest BCUT2D eigenvalue weighted by Crippen LogP contribution is 2.33. The summed E-state index contributed by atoms with van der Waals surface area (Å²) in [6.07, 6.45) is 1.83. The number of rotatable bonds is 3. The molecule has 0 saturated carbocycles. The second kappa shape index (κ2) is 7.09. The molecule has 0 aromatic heterocycles. The van der Waals surface area contributed by atoms with E-state index < -0.39 is 5.82 Å². The van der Waals surface area contributed by atoms with Crippen molar-refractivity contribution in [3.05, 3.63) is 58.9 Å². The van der Waals surface area contributed by atoms with Crippen LogP contribution >= 0.6 is 11.6 Å². The zero-order valence-corrected chi connectivity index (χ0v) is 14.0. The van der Waals surface area contributed by atoms with Gasteiger partial charge in [-0.1, -0.05) is 23.7 Å². The summed E-state index contributed by atoms with van der Waals surface area (Å²) in [5.41, 5.74) is 1.47. The van der Waals surface area contributed by atoms with E-state index in [9.17, 15) is 9.18 Å². The normalized spacial score (nSPS) is 17.0. The van der Waals surface area contributed by atoms with Crippen LogP contribution < -0.4 is 10.1 Å². The van der Waals surface area contributed by atoms with E-state index >= 15 is 0 Å². The van der Waals surface area contributed by atoms with Crippen LogP contribution in [-0.4, -0.2) is 24.6 Å². The zero-order valence-electron chi connectivity index (χ0n) is 13.3. The van der Waals surface area contributed by atoms with Crippen molar-refractivity contribution in [1.29, 1.82) is 0 Å². The number of ether oxygens (including phenoxy) is 1. The first-order valence-corrected chi connectivity index (χ1v) is 8.13. The van der Waals surface area contributed by atoms with Crippen LogP contribution in [0.4, 0.5) is 14.9 Å². The molecule has 1 unspecified atom stereocenters. The maximum atomic E-state index is 13.1. The third-order valence-electron chi connectivity index (χ3n) is 4.19. The molecule has 24 heavy (non-hydrogen) atoms. The van der Waals surface area contributed by atoms with E-state index in [0.29, 0.717) is 12.2 Å². The van der Waals surface area contributed by atoms with Crippen LogP contribution in [0.5, 0.6) is 5.75 Å². The number of urea groups is 1. The highest BCUT2D eigenvalue weighted by atomic mass is 35.5. The molecule has 6 heteroatoms. The van der Waals surface area contributed by atoms with E-state index in [0.717, 1.165) is 24.2 Å². The monoisotopic (exact) mass is 348 g/mol. The molecular formula is C18H18ClFN2O2. The Bertz CT molecular complexity index is 736. The number of halogens is 2. The first kappa shape index (κ1) is 16.6. The Labute approximate surface area is 145 Å². The fourth-order valence-corrected chi connectivity index (χ4v) is 3.17. The molecule has 1 aliphatic rings. The molecule has 1 atom stereocenters. The van der Waals surface area contributed by atoms with E-state index in [2.05, 4.69) is 5.32 Å². The van der Waals surface area contributed by atoms with Gasteiger partial charge in [0, 0.05) is 6.54 Å². The highest BCUT2D eigenvalue weighted by molar-refractivity contribution is 6.33. The topological polar surface area (TPSA) is 41.6 Å². The molecule has 1 aliphatic heterocycles. The van der Waals surface area contributed by atoms with Gasteiger partial charge in [0.25, 0.3) is 0 Å². The molecule has 2 aromatic rings. The number of nitrogens with zero attached hydrogens (tertiary/aromatic N) is 1. The Balaban J connectivity index is 1.75. The fraction of sp³-hybridized carbons (Fsp3) is 0.278. The Kier molecular flexibility index (Phi) is 4.90. The van der Waals surface area contributed by atoms with Crippen molar-refractivity contribution in [3.8, 4) is 5.75 Å². The van der Waals surface area contributed by atoms with E-state index in [4.69, 9.17) is 16.3 Å². The first-order valence-electron chi connectivity index (χ1n) is 7.75. The molecule has 3 rings (SSSR count). The van der Waals surface area contributed by atoms with E-state index in [1.54, 1.807) is 12.0 Å². The minimum absolute atomic E-state index is 0.00938. The molecule has 126 valence electrons. The molecular weight excluding hydrogens is 331 g/mol. The zero-order chi connectivity index (χ0) is 17.1. The third kappa shape index (κ3) is 3.46. The average molecular weight is 349 g/mol. The van der Waals surface area contributed by atoms with Gasteiger partial charge in [-0.2, -0.15) is 0 Å². The summed E-state index contributed by atoms with van der Waals surface area (Å²) in [4.78, 5) is 14.4. The number of hydrogen-bond donors (Lipinski definition) is 1. The van der Waals surface area contributed by atoms with Gasteiger partial charge < -0.3 is 15.0 Å². The van der Waals surface area contributed by atoms with Crippen LogP contribution in [-0.2, 0) is 0 Å². The minimum Gasteiger partial charge on any atom is -0.497 e. The summed E-state index contributed by atoms with van der Waals surface area (Å²) in [5.74, 6) is 0.348. The van der Waals surface area contributed by atoms with E-state index in [1.807, 2.05) is 24.3 Å². The molecule has 0 aliphatic carbocycles. The van der Waals surface area contributed by atoms with Crippen molar-refractivity contribution in [1.82, 2.24) is 4.90 Å². The number of anilines is 1. The number of amides is 2. The fourth-order valence-electron chi connectivity index (χ4n) is 2.96. The van der Waals surface area contributed by atoms with Crippen molar-refractivity contribution < 1.29 is 13.9 Å². The molecule has 4 nitrogen and oxygen atoms in total. The molecule has 1 fully saturated rings. The molecule has 0 spiro atoms. The van der Waals surface area contributed by atoms with Crippen molar-refractivity contribution in [2.24, 2.45) is 0 Å². The maximum Gasteiger partial charge on any atom is 0.322 e. The number of likely N-dealkylation sites (tertiary alicyclic amines) is 1. The lowest BCUT2D eigenvalue weighted by atomic mass is 10.0. The van der Waals surface area contributed by atoms with Crippen LogP contribution in [0, 0.1) is 5.82 Å². The summed E-state index contributed by atoms with van der Waals surface area (Å²) in [6, 6.07) is 11.4.